The summed E-state index contributed by atoms with van der Waals surface area (Å²) in [4.78, 5) is 26.9. The highest BCUT2D eigenvalue weighted by atomic mass is 16.5. The number of carbonyl (C=O) groups is 2. The van der Waals surface area contributed by atoms with Crippen molar-refractivity contribution < 1.29 is 14.3 Å². The number of ether oxygens (including phenoxy) is 1. The van der Waals surface area contributed by atoms with Crippen LogP contribution in [-0.2, 0) is 14.3 Å². The fraction of sp³-hybridized carbons (Fsp3) is 0.882. The second-order valence-electron chi connectivity index (χ2n) is 7.12. The summed E-state index contributed by atoms with van der Waals surface area (Å²) in [5.74, 6) is 0.509. The molecule has 1 aliphatic carbocycles. The molecule has 130 valence electrons. The number of amides is 2. The van der Waals surface area contributed by atoms with E-state index in [1.54, 1.807) is 0 Å². The smallest absolute Gasteiger partial charge is 0.240 e. The lowest BCUT2D eigenvalue weighted by atomic mass is 9.88. The first-order chi connectivity index (χ1) is 11.1. The summed E-state index contributed by atoms with van der Waals surface area (Å²) in [7, 11) is 0. The van der Waals surface area contributed by atoms with Gasteiger partial charge in [0.2, 0.25) is 11.8 Å². The Kier molecular flexibility index (Phi) is 5.54. The maximum absolute atomic E-state index is 12.6. The van der Waals surface area contributed by atoms with Gasteiger partial charge in [-0.1, -0.05) is 19.3 Å². The molecule has 3 atom stereocenters. The van der Waals surface area contributed by atoms with Crippen LogP contribution in [0.4, 0.5) is 0 Å². The van der Waals surface area contributed by atoms with Crippen LogP contribution in [0.1, 0.15) is 45.4 Å². The standard InChI is InChI=1S/C17H29N3O3/c1-12-15(18-8-10-23-12)16(21)19-14-7-9-20(11-14)17(22)13-5-3-2-4-6-13/h12-15,18H,2-11H2,1H3,(H,19,21)/t12-,14?,15+/m1/s1. The van der Waals surface area contributed by atoms with Gasteiger partial charge in [-0.15, -0.1) is 0 Å². The molecule has 6 heteroatoms. The number of hydrogen-bond acceptors (Lipinski definition) is 4. The van der Waals surface area contributed by atoms with E-state index >= 15 is 0 Å². The third kappa shape index (κ3) is 4.04. The van der Waals surface area contributed by atoms with Gasteiger partial charge in [0.1, 0.15) is 6.04 Å². The molecule has 0 bridgehead atoms. The van der Waals surface area contributed by atoms with E-state index in [0.29, 0.717) is 25.6 Å². The molecule has 2 N–H and O–H groups in total. The Labute approximate surface area is 138 Å². The summed E-state index contributed by atoms with van der Waals surface area (Å²) < 4.78 is 5.53. The van der Waals surface area contributed by atoms with Crippen molar-refractivity contribution in [2.45, 2.75) is 63.6 Å². The second-order valence-corrected chi connectivity index (χ2v) is 7.12. The lowest BCUT2D eigenvalue weighted by Gasteiger charge is -2.30. The van der Waals surface area contributed by atoms with E-state index in [-0.39, 0.29) is 30.0 Å². The van der Waals surface area contributed by atoms with Gasteiger partial charge >= 0.3 is 0 Å². The molecule has 0 radical (unpaired) electrons. The molecule has 23 heavy (non-hydrogen) atoms. The first kappa shape index (κ1) is 16.7. The topological polar surface area (TPSA) is 70.7 Å². The minimum atomic E-state index is -0.285. The summed E-state index contributed by atoms with van der Waals surface area (Å²) in [6, 6.07) is -0.210. The Morgan fingerprint density at radius 1 is 1.17 bits per heavy atom. The highest BCUT2D eigenvalue weighted by molar-refractivity contribution is 5.83. The van der Waals surface area contributed by atoms with Crippen LogP contribution >= 0.6 is 0 Å². The van der Waals surface area contributed by atoms with Gasteiger partial charge in [0.15, 0.2) is 0 Å². The van der Waals surface area contributed by atoms with Gasteiger partial charge in [-0.05, 0) is 26.2 Å². The minimum Gasteiger partial charge on any atom is -0.375 e. The Morgan fingerprint density at radius 2 is 1.96 bits per heavy atom. The molecule has 2 saturated heterocycles. The van der Waals surface area contributed by atoms with E-state index in [9.17, 15) is 9.59 Å². The lowest BCUT2D eigenvalue weighted by molar-refractivity contribution is -0.136. The van der Waals surface area contributed by atoms with Gasteiger partial charge in [-0.25, -0.2) is 0 Å². The van der Waals surface area contributed by atoms with Gasteiger partial charge in [0, 0.05) is 31.6 Å². The molecule has 0 aromatic heterocycles. The molecule has 3 rings (SSSR count). The van der Waals surface area contributed by atoms with Gasteiger partial charge in [0.05, 0.1) is 12.7 Å². The molecule has 0 aromatic carbocycles. The molecular weight excluding hydrogens is 294 g/mol. The van der Waals surface area contributed by atoms with Crippen molar-refractivity contribution in [2.24, 2.45) is 5.92 Å². The number of carbonyl (C=O) groups excluding carboxylic acids is 2. The number of rotatable bonds is 3. The maximum atomic E-state index is 12.6. The first-order valence-corrected chi connectivity index (χ1v) is 9.09. The second kappa shape index (κ2) is 7.62. The van der Waals surface area contributed by atoms with Crippen molar-refractivity contribution >= 4 is 11.8 Å². The van der Waals surface area contributed by atoms with Crippen LogP contribution < -0.4 is 10.6 Å². The molecule has 2 amide bonds. The van der Waals surface area contributed by atoms with Crippen LogP contribution in [0.2, 0.25) is 0 Å². The number of nitrogens with zero attached hydrogens (tertiary/aromatic N) is 1. The van der Waals surface area contributed by atoms with Crippen molar-refractivity contribution in [3.05, 3.63) is 0 Å². The summed E-state index contributed by atoms with van der Waals surface area (Å²) in [6.45, 7) is 4.70. The van der Waals surface area contributed by atoms with Gasteiger partial charge in [-0.2, -0.15) is 0 Å². The predicted molar refractivity (Wildman–Crippen MR) is 86.9 cm³/mol. The number of nitrogens with one attached hydrogen (secondary N) is 2. The maximum Gasteiger partial charge on any atom is 0.240 e. The number of likely N-dealkylation sites (tertiary alicyclic amines) is 1. The number of hydrogen-bond donors (Lipinski definition) is 2. The zero-order chi connectivity index (χ0) is 16.2. The zero-order valence-corrected chi connectivity index (χ0v) is 14.1. The monoisotopic (exact) mass is 323 g/mol. The zero-order valence-electron chi connectivity index (χ0n) is 14.1. The van der Waals surface area contributed by atoms with Crippen molar-refractivity contribution in [3.63, 3.8) is 0 Å². The van der Waals surface area contributed by atoms with Crippen LogP contribution in [0.3, 0.4) is 0 Å². The highest BCUT2D eigenvalue weighted by Crippen LogP contribution is 2.26. The third-order valence-corrected chi connectivity index (χ3v) is 5.40. The Morgan fingerprint density at radius 3 is 2.70 bits per heavy atom. The molecule has 1 saturated carbocycles. The Bertz CT molecular complexity index is 437. The Hall–Kier alpha value is -1.14. The fourth-order valence-corrected chi connectivity index (χ4v) is 4.00. The highest BCUT2D eigenvalue weighted by Gasteiger charge is 2.34. The van der Waals surface area contributed by atoms with Crippen LogP contribution in [0, 0.1) is 5.92 Å². The molecule has 3 aliphatic rings. The van der Waals surface area contributed by atoms with Gasteiger partial charge in [-0.3, -0.25) is 9.59 Å². The number of morpholine rings is 1. The summed E-state index contributed by atoms with van der Waals surface area (Å²) >= 11 is 0. The van der Waals surface area contributed by atoms with E-state index in [4.69, 9.17) is 4.74 Å². The largest absolute Gasteiger partial charge is 0.375 e. The quantitative estimate of drug-likeness (QED) is 0.800. The fourth-order valence-electron chi connectivity index (χ4n) is 4.00. The van der Waals surface area contributed by atoms with E-state index < -0.39 is 0 Å². The van der Waals surface area contributed by atoms with Crippen molar-refractivity contribution in [2.75, 3.05) is 26.2 Å². The van der Waals surface area contributed by atoms with E-state index in [1.165, 1.54) is 19.3 Å². The average Bonchev–Trinajstić information content (AvgIpc) is 3.03. The molecule has 6 nitrogen and oxygen atoms in total. The molecule has 0 aromatic rings. The average molecular weight is 323 g/mol. The van der Waals surface area contributed by atoms with Crippen LogP contribution in [0.15, 0.2) is 0 Å². The molecule has 3 fully saturated rings. The molecule has 0 spiro atoms. The van der Waals surface area contributed by atoms with E-state index in [0.717, 1.165) is 25.8 Å². The van der Waals surface area contributed by atoms with Crippen LogP contribution in [0.25, 0.3) is 0 Å². The van der Waals surface area contributed by atoms with E-state index in [2.05, 4.69) is 10.6 Å². The lowest BCUT2D eigenvalue weighted by Crippen LogP contribution is -2.57. The minimum absolute atomic E-state index is 0.00540. The van der Waals surface area contributed by atoms with Gasteiger partial charge in [0.25, 0.3) is 0 Å². The van der Waals surface area contributed by atoms with Crippen LogP contribution in [0.5, 0.6) is 0 Å². The summed E-state index contributed by atoms with van der Waals surface area (Å²) in [5, 5.41) is 6.30. The van der Waals surface area contributed by atoms with Gasteiger partial charge < -0.3 is 20.3 Å². The molecule has 2 aliphatic heterocycles. The third-order valence-electron chi connectivity index (χ3n) is 5.40. The van der Waals surface area contributed by atoms with Crippen molar-refractivity contribution in [1.82, 2.24) is 15.5 Å². The molecule has 2 heterocycles. The molecule has 1 unspecified atom stereocenters. The summed E-state index contributed by atoms with van der Waals surface area (Å²) in [6.07, 6.45) is 6.43. The first-order valence-electron chi connectivity index (χ1n) is 9.09. The van der Waals surface area contributed by atoms with Crippen LogP contribution in [-0.4, -0.2) is 61.1 Å². The summed E-state index contributed by atoms with van der Waals surface area (Å²) in [5.41, 5.74) is 0. The predicted octanol–water partition coefficient (Wildman–Crippen LogP) is 0.661. The van der Waals surface area contributed by atoms with Crippen molar-refractivity contribution in [3.8, 4) is 0 Å². The molecular formula is C17H29N3O3. The Balaban J connectivity index is 1.47. The van der Waals surface area contributed by atoms with E-state index in [1.807, 2.05) is 11.8 Å². The SMILES string of the molecule is C[C@H]1OCCN[C@@H]1C(=O)NC1CCN(C(=O)C2CCCCC2)C1. The van der Waals surface area contributed by atoms with Crippen molar-refractivity contribution in [1.29, 1.82) is 0 Å². The normalized spacial score (nSPS) is 32.7.